The van der Waals surface area contributed by atoms with Gasteiger partial charge in [0.1, 0.15) is 5.82 Å². The Morgan fingerprint density at radius 1 is 1.64 bits per heavy atom. The molecule has 0 aromatic carbocycles. The molecule has 1 aromatic heterocycles. The van der Waals surface area contributed by atoms with E-state index in [2.05, 4.69) is 4.98 Å². The third-order valence-corrected chi connectivity index (χ3v) is 1.98. The van der Waals surface area contributed by atoms with Crippen LogP contribution >= 0.6 is 0 Å². The fourth-order valence-electron chi connectivity index (χ4n) is 1.39. The fraction of sp³-hybridized carbons (Fsp3) is 0.444. The molecule has 1 saturated heterocycles. The summed E-state index contributed by atoms with van der Waals surface area (Å²) in [5.74, 6) is -0.359. The number of hydrogen-bond donors (Lipinski definition) is 1. The summed E-state index contributed by atoms with van der Waals surface area (Å²) < 4.78 is 12.7. The Bertz CT molecular complexity index is 321. The van der Waals surface area contributed by atoms with Gasteiger partial charge < -0.3 is 5.11 Å². The maximum atomic E-state index is 12.7. The topological polar surface area (TPSA) is 45.6 Å². The van der Waals surface area contributed by atoms with Crippen molar-refractivity contribution >= 4 is 0 Å². The first-order chi connectivity index (χ1) is 6.74. The molecule has 0 bridgehead atoms. The monoisotopic (exact) mass is 198 g/mol. The van der Waals surface area contributed by atoms with Crippen molar-refractivity contribution in [2.24, 2.45) is 0 Å². The zero-order valence-electron chi connectivity index (χ0n) is 7.56. The van der Waals surface area contributed by atoms with Crippen LogP contribution in [0, 0.1) is 5.82 Å². The normalized spacial score (nSPS) is 22.9. The molecular weight excluding hydrogens is 187 g/mol. The van der Waals surface area contributed by atoms with Gasteiger partial charge in [-0.3, -0.25) is 9.82 Å². The molecule has 5 heteroatoms. The number of halogens is 1. The SMILES string of the molecule is O[C@H]1CON(Cc2cncc(F)c2)C1. The highest BCUT2D eigenvalue weighted by Gasteiger charge is 2.21. The molecule has 0 saturated carbocycles. The molecule has 1 aliphatic heterocycles. The molecule has 0 radical (unpaired) electrons. The van der Waals surface area contributed by atoms with Crippen LogP contribution in [0.3, 0.4) is 0 Å². The second kappa shape index (κ2) is 4.00. The number of nitrogens with zero attached hydrogens (tertiary/aromatic N) is 2. The summed E-state index contributed by atoms with van der Waals surface area (Å²) in [6, 6.07) is 1.40. The first-order valence-corrected chi connectivity index (χ1v) is 4.39. The van der Waals surface area contributed by atoms with E-state index in [1.807, 2.05) is 0 Å². The van der Waals surface area contributed by atoms with Crippen molar-refractivity contribution in [3.63, 3.8) is 0 Å². The average Bonchev–Trinajstić information content (AvgIpc) is 2.51. The van der Waals surface area contributed by atoms with Crippen molar-refractivity contribution in [1.82, 2.24) is 10.0 Å². The number of hydroxylamine groups is 2. The van der Waals surface area contributed by atoms with Crippen LogP contribution in [0.1, 0.15) is 5.56 Å². The van der Waals surface area contributed by atoms with Gasteiger partial charge in [0.15, 0.2) is 0 Å². The zero-order valence-corrected chi connectivity index (χ0v) is 7.56. The van der Waals surface area contributed by atoms with Crippen LogP contribution in [0.25, 0.3) is 0 Å². The van der Waals surface area contributed by atoms with Crippen molar-refractivity contribution in [1.29, 1.82) is 0 Å². The summed E-state index contributed by atoms with van der Waals surface area (Å²) in [7, 11) is 0. The molecule has 0 aliphatic carbocycles. The van der Waals surface area contributed by atoms with E-state index in [4.69, 9.17) is 4.84 Å². The molecule has 1 aromatic rings. The van der Waals surface area contributed by atoms with Crippen molar-refractivity contribution < 1.29 is 14.3 Å². The van der Waals surface area contributed by atoms with Gasteiger partial charge in [-0.2, -0.15) is 5.06 Å². The van der Waals surface area contributed by atoms with Gasteiger partial charge in [0, 0.05) is 6.20 Å². The van der Waals surface area contributed by atoms with E-state index < -0.39 is 6.10 Å². The summed E-state index contributed by atoms with van der Waals surface area (Å²) >= 11 is 0. The van der Waals surface area contributed by atoms with Crippen LogP contribution in [0.4, 0.5) is 4.39 Å². The Morgan fingerprint density at radius 2 is 2.50 bits per heavy atom. The number of aromatic nitrogens is 1. The smallest absolute Gasteiger partial charge is 0.141 e. The lowest BCUT2D eigenvalue weighted by molar-refractivity contribution is -0.118. The molecule has 76 valence electrons. The van der Waals surface area contributed by atoms with Crippen molar-refractivity contribution in [2.75, 3.05) is 13.2 Å². The van der Waals surface area contributed by atoms with Crippen molar-refractivity contribution in [3.8, 4) is 0 Å². The summed E-state index contributed by atoms with van der Waals surface area (Å²) in [6.45, 7) is 1.21. The predicted octanol–water partition coefficient (Wildman–Crippen LogP) is 0.329. The van der Waals surface area contributed by atoms with E-state index in [0.717, 1.165) is 11.8 Å². The van der Waals surface area contributed by atoms with E-state index >= 15 is 0 Å². The second-order valence-electron chi connectivity index (χ2n) is 3.28. The molecule has 2 heterocycles. The van der Waals surface area contributed by atoms with Crippen LogP contribution in [-0.4, -0.2) is 34.4 Å². The lowest BCUT2D eigenvalue weighted by atomic mass is 10.3. The maximum absolute atomic E-state index is 12.7. The number of β-amino-alcohol motifs (C(OH)–C–C–N with tert-alkyl or cyclic N) is 1. The van der Waals surface area contributed by atoms with E-state index in [1.54, 1.807) is 11.3 Å². The Kier molecular flexibility index (Phi) is 2.72. The first-order valence-electron chi connectivity index (χ1n) is 4.39. The van der Waals surface area contributed by atoms with E-state index in [1.165, 1.54) is 6.07 Å². The van der Waals surface area contributed by atoms with Crippen molar-refractivity contribution in [2.45, 2.75) is 12.6 Å². The summed E-state index contributed by atoms with van der Waals surface area (Å²) in [4.78, 5) is 8.87. The van der Waals surface area contributed by atoms with E-state index in [0.29, 0.717) is 19.7 Å². The highest BCUT2D eigenvalue weighted by atomic mass is 19.1. The number of aliphatic hydroxyl groups excluding tert-OH is 1. The van der Waals surface area contributed by atoms with E-state index in [9.17, 15) is 9.50 Å². The molecule has 4 nitrogen and oxygen atoms in total. The minimum atomic E-state index is -0.448. The average molecular weight is 198 g/mol. The highest BCUT2D eigenvalue weighted by molar-refractivity contribution is 5.09. The molecule has 0 unspecified atom stereocenters. The molecule has 14 heavy (non-hydrogen) atoms. The summed E-state index contributed by atoms with van der Waals surface area (Å²) in [5, 5.41) is 10.8. The minimum Gasteiger partial charge on any atom is -0.389 e. The molecule has 1 atom stereocenters. The van der Waals surface area contributed by atoms with E-state index in [-0.39, 0.29) is 5.82 Å². The van der Waals surface area contributed by atoms with Gasteiger partial charge in [0.25, 0.3) is 0 Å². The minimum absolute atomic E-state index is 0.308. The Morgan fingerprint density at radius 3 is 3.14 bits per heavy atom. The zero-order chi connectivity index (χ0) is 9.97. The van der Waals surface area contributed by atoms with Crippen molar-refractivity contribution in [3.05, 3.63) is 29.8 Å². The van der Waals surface area contributed by atoms with Gasteiger partial charge in [0.05, 0.1) is 32.0 Å². The van der Waals surface area contributed by atoms with Gasteiger partial charge in [-0.05, 0) is 11.6 Å². The Labute approximate surface area is 80.9 Å². The lowest BCUT2D eigenvalue weighted by Gasteiger charge is -2.12. The molecule has 1 N–H and O–H groups in total. The fourth-order valence-corrected chi connectivity index (χ4v) is 1.39. The quantitative estimate of drug-likeness (QED) is 0.743. The molecule has 1 fully saturated rings. The van der Waals surface area contributed by atoms with Gasteiger partial charge in [-0.15, -0.1) is 0 Å². The predicted molar refractivity (Wildman–Crippen MR) is 46.6 cm³/mol. The van der Waals surface area contributed by atoms with Gasteiger partial charge in [0.2, 0.25) is 0 Å². The Balaban J connectivity index is 1.97. The largest absolute Gasteiger partial charge is 0.389 e. The second-order valence-corrected chi connectivity index (χ2v) is 3.28. The van der Waals surface area contributed by atoms with Crippen LogP contribution < -0.4 is 0 Å². The molecule has 0 amide bonds. The summed E-state index contributed by atoms with van der Waals surface area (Å²) in [5.41, 5.74) is 0.735. The van der Waals surface area contributed by atoms with Crippen LogP contribution in [0.15, 0.2) is 18.5 Å². The number of pyridine rings is 1. The first kappa shape index (κ1) is 9.51. The number of rotatable bonds is 2. The third kappa shape index (κ3) is 2.25. The standard InChI is InChI=1S/C9H11FN2O2/c10-8-1-7(2-11-3-8)4-12-5-9(13)6-14-12/h1-3,9,13H,4-6H2/t9-/m1/s1. The number of aliphatic hydroxyl groups is 1. The molecule has 0 spiro atoms. The summed E-state index contributed by atoms with van der Waals surface area (Å²) in [6.07, 6.45) is 2.29. The van der Waals surface area contributed by atoms with Crippen LogP contribution in [0.2, 0.25) is 0 Å². The molecule has 1 aliphatic rings. The van der Waals surface area contributed by atoms with Crippen LogP contribution in [-0.2, 0) is 11.4 Å². The third-order valence-electron chi connectivity index (χ3n) is 1.98. The molecular formula is C9H11FN2O2. The lowest BCUT2D eigenvalue weighted by Crippen LogP contribution is -2.20. The Hall–Kier alpha value is -1.04. The van der Waals surface area contributed by atoms with Crippen LogP contribution in [0.5, 0.6) is 0 Å². The number of hydrogen-bond acceptors (Lipinski definition) is 4. The molecule has 2 rings (SSSR count). The van der Waals surface area contributed by atoms with Gasteiger partial charge in [-0.25, -0.2) is 4.39 Å². The van der Waals surface area contributed by atoms with Gasteiger partial charge in [-0.1, -0.05) is 0 Å². The highest BCUT2D eigenvalue weighted by Crippen LogP contribution is 2.11. The maximum Gasteiger partial charge on any atom is 0.141 e. The van der Waals surface area contributed by atoms with Gasteiger partial charge >= 0.3 is 0 Å².